The Morgan fingerprint density at radius 2 is 2.07 bits per heavy atom. The lowest BCUT2D eigenvalue weighted by Crippen LogP contribution is -2.41. The molecule has 1 aliphatic rings. The molecule has 0 aromatic heterocycles. The molecule has 1 aromatic rings. The molecule has 1 atom stereocenters. The van der Waals surface area contributed by atoms with Gasteiger partial charge in [0.25, 0.3) is 0 Å². The zero-order valence-corrected chi connectivity index (χ0v) is 8.90. The molecule has 1 fully saturated rings. The molecular formula is C12H15N3. The summed E-state index contributed by atoms with van der Waals surface area (Å²) in [5, 5.41) is 8.93. The number of nitrogens with zero attached hydrogens (tertiary/aromatic N) is 2. The fourth-order valence-electron chi connectivity index (χ4n) is 1.90. The lowest BCUT2D eigenvalue weighted by molar-refractivity contribution is 0.606. The molecule has 0 aliphatic carbocycles. The van der Waals surface area contributed by atoms with Crippen LogP contribution in [0.1, 0.15) is 12.0 Å². The Morgan fingerprint density at radius 1 is 1.40 bits per heavy atom. The first-order valence-electron chi connectivity index (χ1n) is 5.15. The number of aryl methyl sites for hydroxylation is 1. The molecule has 0 radical (unpaired) electrons. The molecule has 0 saturated carbocycles. The maximum atomic E-state index is 8.93. The zero-order valence-electron chi connectivity index (χ0n) is 8.90. The van der Waals surface area contributed by atoms with Gasteiger partial charge >= 0.3 is 0 Å². The van der Waals surface area contributed by atoms with Crippen LogP contribution < -0.4 is 10.6 Å². The van der Waals surface area contributed by atoms with Gasteiger partial charge in [0.05, 0.1) is 6.07 Å². The molecule has 3 nitrogen and oxygen atoms in total. The maximum Gasteiger partial charge on any atom is 0.123 e. The van der Waals surface area contributed by atoms with Crippen LogP contribution in [-0.2, 0) is 0 Å². The summed E-state index contributed by atoms with van der Waals surface area (Å²) in [4.78, 5) is 2.17. The van der Waals surface area contributed by atoms with Crippen molar-refractivity contribution in [2.24, 2.45) is 5.73 Å². The second kappa shape index (κ2) is 3.56. The quantitative estimate of drug-likeness (QED) is 0.747. The van der Waals surface area contributed by atoms with Crippen molar-refractivity contribution in [2.45, 2.75) is 18.9 Å². The van der Waals surface area contributed by atoms with E-state index in [0.717, 1.165) is 18.7 Å². The average molecular weight is 201 g/mol. The highest BCUT2D eigenvalue weighted by molar-refractivity contribution is 5.50. The fourth-order valence-corrected chi connectivity index (χ4v) is 1.90. The predicted molar refractivity (Wildman–Crippen MR) is 60.5 cm³/mol. The molecule has 15 heavy (non-hydrogen) atoms. The van der Waals surface area contributed by atoms with Crippen LogP contribution in [0.4, 0.5) is 5.69 Å². The maximum absolute atomic E-state index is 8.93. The van der Waals surface area contributed by atoms with Crippen LogP contribution >= 0.6 is 0 Å². The third-order valence-corrected chi connectivity index (χ3v) is 2.92. The molecule has 2 rings (SSSR count). The fraction of sp³-hybridized carbons (Fsp3) is 0.417. The lowest BCUT2D eigenvalue weighted by atomic mass is 10.0. The van der Waals surface area contributed by atoms with E-state index in [0.29, 0.717) is 6.54 Å². The van der Waals surface area contributed by atoms with E-state index in [4.69, 9.17) is 11.0 Å². The summed E-state index contributed by atoms with van der Waals surface area (Å²) in [5.41, 5.74) is 7.65. The van der Waals surface area contributed by atoms with Crippen molar-refractivity contribution < 1.29 is 0 Å². The first-order chi connectivity index (χ1) is 7.13. The largest absolute Gasteiger partial charge is 0.368 e. The van der Waals surface area contributed by atoms with Gasteiger partial charge in [-0.05, 0) is 25.5 Å². The van der Waals surface area contributed by atoms with Crippen LogP contribution in [0.15, 0.2) is 24.3 Å². The summed E-state index contributed by atoms with van der Waals surface area (Å²) < 4.78 is 0. The predicted octanol–water partition coefficient (Wildman–Crippen LogP) is 1.43. The van der Waals surface area contributed by atoms with Crippen molar-refractivity contribution in [1.29, 1.82) is 5.26 Å². The van der Waals surface area contributed by atoms with E-state index in [9.17, 15) is 0 Å². The minimum atomic E-state index is -0.662. The number of nitrogens with two attached hydrogens (primary N) is 1. The van der Waals surface area contributed by atoms with E-state index in [2.05, 4.69) is 42.2 Å². The molecule has 78 valence electrons. The first-order valence-corrected chi connectivity index (χ1v) is 5.15. The van der Waals surface area contributed by atoms with Gasteiger partial charge in [-0.15, -0.1) is 0 Å². The highest BCUT2D eigenvalue weighted by Gasteiger charge is 2.34. The minimum absolute atomic E-state index is 0.632. The Hall–Kier alpha value is -1.53. The van der Waals surface area contributed by atoms with Gasteiger partial charge in [0.2, 0.25) is 0 Å². The van der Waals surface area contributed by atoms with Crippen molar-refractivity contribution in [2.75, 3.05) is 18.0 Å². The normalized spacial score (nSPS) is 25.3. The molecule has 1 aromatic carbocycles. The van der Waals surface area contributed by atoms with E-state index < -0.39 is 5.54 Å². The van der Waals surface area contributed by atoms with Gasteiger partial charge in [-0.25, -0.2) is 0 Å². The van der Waals surface area contributed by atoms with Crippen molar-refractivity contribution in [3.8, 4) is 6.07 Å². The standard InChI is InChI=1S/C12H15N3/c1-10-2-4-11(5-3-10)15-7-6-12(14,8-13)9-15/h2-5H,6-7,9,14H2,1H3. The Balaban J connectivity index is 2.15. The van der Waals surface area contributed by atoms with E-state index in [-0.39, 0.29) is 0 Å². The number of nitriles is 1. The number of rotatable bonds is 1. The number of anilines is 1. The molecule has 1 saturated heterocycles. The van der Waals surface area contributed by atoms with E-state index in [1.54, 1.807) is 0 Å². The van der Waals surface area contributed by atoms with Crippen LogP contribution in [0, 0.1) is 18.3 Å². The second-order valence-electron chi connectivity index (χ2n) is 4.28. The summed E-state index contributed by atoms with van der Waals surface area (Å²) in [5.74, 6) is 0. The number of hydrogen-bond donors (Lipinski definition) is 1. The van der Waals surface area contributed by atoms with Crippen molar-refractivity contribution in [3.05, 3.63) is 29.8 Å². The van der Waals surface area contributed by atoms with Crippen LogP contribution in [0.25, 0.3) is 0 Å². The topological polar surface area (TPSA) is 53.0 Å². The SMILES string of the molecule is Cc1ccc(N2CCC(N)(C#N)C2)cc1. The van der Waals surface area contributed by atoms with Gasteiger partial charge < -0.3 is 10.6 Å². The summed E-state index contributed by atoms with van der Waals surface area (Å²) in [7, 11) is 0. The van der Waals surface area contributed by atoms with E-state index >= 15 is 0 Å². The molecule has 1 unspecified atom stereocenters. The number of benzene rings is 1. The highest BCUT2D eigenvalue weighted by Crippen LogP contribution is 2.24. The van der Waals surface area contributed by atoms with Gasteiger partial charge in [0.15, 0.2) is 0 Å². The Kier molecular flexibility index (Phi) is 2.37. The smallest absolute Gasteiger partial charge is 0.123 e. The van der Waals surface area contributed by atoms with Crippen molar-refractivity contribution >= 4 is 5.69 Å². The van der Waals surface area contributed by atoms with Crippen LogP contribution in [-0.4, -0.2) is 18.6 Å². The van der Waals surface area contributed by atoms with Crippen molar-refractivity contribution in [3.63, 3.8) is 0 Å². The zero-order chi connectivity index (χ0) is 10.9. The molecule has 0 bridgehead atoms. The molecular weight excluding hydrogens is 186 g/mol. The van der Waals surface area contributed by atoms with E-state index in [1.165, 1.54) is 5.56 Å². The summed E-state index contributed by atoms with van der Waals surface area (Å²) in [6, 6.07) is 10.5. The van der Waals surface area contributed by atoms with Crippen LogP contribution in [0.3, 0.4) is 0 Å². The summed E-state index contributed by atoms with van der Waals surface area (Å²) in [6.07, 6.45) is 0.747. The number of hydrogen-bond acceptors (Lipinski definition) is 3. The molecule has 2 N–H and O–H groups in total. The van der Waals surface area contributed by atoms with Crippen LogP contribution in [0.5, 0.6) is 0 Å². The summed E-state index contributed by atoms with van der Waals surface area (Å²) in [6.45, 7) is 3.57. The molecule has 1 heterocycles. The molecule has 0 spiro atoms. The highest BCUT2D eigenvalue weighted by atomic mass is 15.2. The van der Waals surface area contributed by atoms with Gasteiger partial charge in [0, 0.05) is 18.8 Å². The summed E-state index contributed by atoms with van der Waals surface area (Å²) >= 11 is 0. The Morgan fingerprint density at radius 3 is 2.60 bits per heavy atom. The van der Waals surface area contributed by atoms with Gasteiger partial charge in [-0.3, -0.25) is 0 Å². The van der Waals surface area contributed by atoms with Gasteiger partial charge in [0.1, 0.15) is 5.54 Å². The molecule has 3 heteroatoms. The monoisotopic (exact) mass is 201 g/mol. The second-order valence-corrected chi connectivity index (χ2v) is 4.28. The molecule has 0 amide bonds. The third-order valence-electron chi connectivity index (χ3n) is 2.92. The average Bonchev–Trinajstić information content (AvgIpc) is 2.63. The minimum Gasteiger partial charge on any atom is -0.368 e. The van der Waals surface area contributed by atoms with Gasteiger partial charge in [-0.2, -0.15) is 5.26 Å². The third kappa shape index (κ3) is 1.95. The lowest BCUT2D eigenvalue weighted by Gasteiger charge is -2.20. The van der Waals surface area contributed by atoms with E-state index in [1.807, 2.05) is 0 Å². The molecule has 1 aliphatic heterocycles. The van der Waals surface area contributed by atoms with Crippen LogP contribution in [0.2, 0.25) is 0 Å². The first kappa shape index (κ1) is 10.0. The Bertz CT molecular complexity index is 390. The van der Waals surface area contributed by atoms with Gasteiger partial charge in [-0.1, -0.05) is 17.7 Å². The van der Waals surface area contributed by atoms with Crippen molar-refractivity contribution in [1.82, 2.24) is 0 Å². The Labute approximate surface area is 90.1 Å².